The van der Waals surface area contributed by atoms with Gasteiger partial charge in [0.15, 0.2) is 0 Å². The summed E-state index contributed by atoms with van der Waals surface area (Å²) in [6, 6.07) is 0.375. The zero-order chi connectivity index (χ0) is 15.4. The van der Waals surface area contributed by atoms with E-state index < -0.39 is 0 Å². The number of nitrogens with zero attached hydrogens (tertiary/aromatic N) is 2. The molecule has 2 aliphatic rings. The normalized spacial score (nSPS) is 28.3. The molecule has 0 aromatic rings. The Balaban J connectivity index is 0.00000242. The number of carbonyl (C=O) groups excluding carboxylic acids is 1. The number of amides is 1. The standard InChI is InChI=1S/C17H33N3O.ClH/c1-13(2)16(18)17(21)20-10-6-8-15(12-20)11-19-9-5-4-7-14(19)3;/h13-16H,4-12,18H2,1-3H3;1H/t14?,15?,16-;/m0./s1. The number of hydrogen-bond acceptors (Lipinski definition) is 3. The molecule has 3 atom stereocenters. The van der Waals surface area contributed by atoms with Crippen LogP contribution in [0.5, 0.6) is 0 Å². The quantitative estimate of drug-likeness (QED) is 0.861. The molecule has 5 heteroatoms. The Kier molecular flexibility index (Phi) is 8.15. The first-order chi connectivity index (χ1) is 9.99. The lowest BCUT2D eigenvalue weighted by Gasteiger charge is -2.40. The number of carbonyl (C=O) groups is 1. The van der Waals surface area contributed by atoms with Crippen molar-refractivity contribution in [2.75, 3.05) is 26.2 Å². The second-order valence-corrected chi connectivity index (χ2v) is 7.40. The third-order valence-corrected chi connectivity index (χ3v) is 5.27. The molecular formula is C17H34ClN3O. The number of halogens is 1. The summed E-state index contributed by atoms with van der Waals surface area (Å²) >= 11 is 0. The summed E-state index contributed by atoms with van der Waals surface area (Å²) in [5, 5.41) is 0. The first-order valence-electron chi connectivity index (χ1n) is 8.77. The number of likely N-dealkylation sites (tertiary alicyclic amines) is 2. The molecule has 2 aliphatic heterocycles. The summed E-state index contributed by atoms with van der Waals surface area (Å²) in [5.41, 5.74) is 6.04. The zero-order valence-corrected chi connectivity index (χ0v) is 15.3. The average Bonchev–Trinajstić information content (AvgIpc) is 2.48. The van der Waals surface area contributed by atoms with Crippen LogP contribution >= 0.6 is 12.4 Å². The van der Waals surface area contributed by atoms with E-state index in [4.69, 9.17) is 5.73 Å². The van der Waals surface area contributed by atoms with Gasteiger partial charge in [-0.15, -0.1) is 12.4 Å². The molecule has 0 aromatic carbocycles. The number of rotatable bonds is 4. The van der Waals surface area contributed by atoms with Crippen LogP contribution in [0.1, 0.15) is 52.9 Å². The van der Waals surface area contributed by atoms with Crippen LogP contribution in [0.3, 0.4) is 0 Å². The molecule has 2 unspecified atom stereocenters. The zero-order valence-electron chi connectivity index (χ0n) is 14.5. The smallest absolute Gasteiger partial charge is 0.239 e. The van der Waals surface area contributed by atoms with Gasteiger partial charge in [-0.2, -0.15) is 0 Å². The predicted octanol–water partition coefficient (Wildman–Crippen LogP) is 2.50. The maximum absolute atomic E-state index is 12.4. The van der Waals surface area contributed by atoms with Crippen LogP contribution in [0.25, 0.3) is 0 Å². The van der Waals surface area contributed by atoms with Gasteiger partial charge in [-0.05, 0) is 51.0 Å². The van der Waals surface area contributed by atoms with Gasteiger partial charge in [0.1, 0.15) is 0 Å². The predicted molar refractivity (Wildman–Crippen MR) is 94.3 cm³/mol. The topological polar surface area (TPSA) is 49.6 Å². The van der Waals surface area contributed by atoms with Crippen molar-refractivity contribution in [1.29, 1.82) is 0 Å². The molecule has 0 bridgehead atoms. The van der Waals surface area contributed by atoms with Gasteiger partial charge in [-0.3, -0.25) is 4.79 Å². The van der Waals surface area contributed by atoms with Crippen LogP contribution in [0.2, 0.25) is 0 Å². The first kappa shape index (κ1) is 19.7. The molecule has 130 valence electrons. The fraction of sp³-hybridized carbons (Fsp3) is 0.941. The lowest BCUT2D eigenvalue weighted by Crippen LogP contribution is -2.52. The fourth-order valence-electron chi connectivity index (χ4n) is 3.67. The molecule has 0 aromatic heterocycles. The molecular weight excluding hydrogens is 298 g/mol. The molecule has 2 heterocycles. The van der Waals surface area contributed by atoms with Crippen molar-refractivity contribution in [3.63, 3.8) is 0 Å². The largest absolute Gasteiger partial charge is 0.341 e. The van der Waals surface area contributed by atoms with Crippen LogP contribution in [0.4, 0.5) is 0 Å². The molecule has 2 fully saturated rings. The van der Waals surface area contributed by atoms with E-state index in [0.29, 0.717) is 12.0 Å². The molecule has 2 rings (SSSR count). The summed E-state index contributed by atoms with van der Waals surface area (Å²) in [6.07, 6.45) is 6.41. The van der Waals surface area contributed by atoms with E-state index in [2.05, 4.69) is 11.8 Å². The molecule has 0 aliphatic carbocycles. The molecule has 2 saturated heterocycles. The molecule has 0 radical (unpaired) electrons. The van der Waals surface area contributed by atoms with Crippen LogP contribution in [-0.2, 0) is 4.79 Å². The minimum atomic E-state index is -0.335. The van der Waals surface area contributed by atoms with E-state index >= 15 is 0 Å². The van der Waals surface area contributed by atoms with E-state index in [-0.39, 0.29) is 30.3 Å². The van der Waals surface area contributed by atoms with Crippen molar-refractivity contribution in [3.8, 4) is 0 Å². The van der Waals surface area contributed by atoms with Gasteiger partial charge in [-0.1, -0.05) is 20.3 Å². The highest BCUT2D eigenvalue weighted by Crippen LogP contribution is 2.23. The average molecular weight is 332 g/mol. The van der Waals surface area contributed by atoms with Gasteiger partial charge in [0, 0.05) is 25.7 Å². The second-order valence-electron chi connectivity index (χ2n) is 7.40. The van der Waals surface area contributed by atoms with Gasteiger partial charge in [0.2, 0.25) is 5.91 Å². The van der Waals surface area contributed by atoms with Crippen LogP contribution in [0, 0.1) is 11.8 Å². The number of piperidine rings is 2. The Bertz CT molecular complexity index is 351. The Labute approximate surface area is 142 Å². The van der Waals surface area contributed by atoms with Crippen molar-refractivity contribution >= 4 is 18.3 Å². The molecule has 1 amide bonds. The SMILES string of the molecule is CC(C)[C@H](N)C(=O)N1CCCC(CN2CCCCC2C)C1.Cl. The summed E-state index contributed by atoms with van der Waals surface area (Å²) in [6.45, 7) is 10.6. The summed E-state index contributed by atoms with van der Waals surface area (Å²) in [7, 11) is 0. The van der Waals surface area contributed by atoms with Crippen molar-refractivity contribution in [1.82, 2.24) is 9.80 Å². The van der Waals surface area contributed by atoms with E-state index in [0.717, 1.165) is 26.1 Å². The maximum atomic E-state index is 12.4. The van der Waals surface area contributed by atoms with Crippen molar-refractivity contribution in [2.45, 2.75) is 65.0 Å². The van der Waals surface area contributed by atoms with Crippen molar-refractivity contribution < 1.29 is 4.79 Å². The summed E-state index contributed by atoms with van der Waals surface area (Å²) < 4.78 is 0. The Morgan fingerprint density at radius 1 is 1.18 bits per heavy atom. The third-order valence-electron chi connectivity index (χ3n) is 5.27. The highest BCUT2D eigenvalue weighted by atomic mass is 35.5. The number of nitrogens with two attached hydrogens (primary N) is 1. The van der Waals surface area contributed by atoms with Gasteiger partial charge in [0.25, 0.3) is 0 Å². The third kappa shape index (κ3) is 5.10. The highest BCUT2D eigenvalue weighted by molar-refractivity contribution is 5.85. The minimum absolute atomic E-state index is 0. The van der Waals surface area contributed by atoms with Crippen molar-refractivity contribution in [2.24, 2.45) is 17.6 Å². The van der Waals surface area contributed by atoms with Crippen LogP contribution in [-0.4, -0.2) is 54.0 Å². The summed E-state index contributed by atoms with van der Waals surface area (Å²) in [5.74, 6) is 1.00. The van der Waals surface area contributed by atoms with Gasteiger partial charge in [0.05, 0.1) is 6.04 Å². The van der Waals surface area contributed by atoms with Gasteiger partial charge >= 0.3 is 0 Å². The Morgan fingerprint density at radius 3 is 2.55 bits per heavy atom. The Hall–Kier alpha value is -0.320. The highest BCUT2D eigenvalue weighted by Gasteiger charge is 2.30. The monoisotopic (exact) mass is 331 g/mol. The maximum Gasteiger partial charge on any atom is 0.239 e. The lowest BCUT2D eigenvalue weighted by molar-refractivity contribution is -0.135. The molecule has 22 heavy (non-hydrogen) atoms. The van der Waals surface area contributed by atoms with Crippen LogP contribution < -0.4 is 5.73 Å². The molecule has 4 nitrogen and oxygen atoms in total. The summed E-state index contributed by atoms with van der Waals surface area (Å²) in [4.78, 5) is 17.1. The van der Waals surface area contributed by atoms with Gasteiger partial charge in [-0.25, -0.2) is 0 Å². The first-order valence-corrected chi connectivity index (χ1v) is 8.77. The van der Waals surface area contributed by atoms with E-state index in [9.17, 15) is 4.79 Å². The van der Waals surface area contributed by atoms with Crippen molar-refractivity contribution in [3.05, 3.63) is 0 Å². The lowest BCUT2D eigenvalue weighted by atomic mass is 9.93. The van der Waals surface area contributed by atoms with Crippen LogP contribution in [0.15, 0.2) is 0 Å². The molecule has 0 spiro atoms. The fourth-order valence-corrected chi connectivity index (χ4v) is 3.67. The molecule has 0 saturated carbocycles. The molecule has 2 N–H and O–H groups in total. The van der Waals surface area contributed by atoms with E-state index in [1.807, 2.05) is 18.7 Å². The number of hydrogen-bond donors (Lipinski definition) is 1. The van der Waals surface area contributed by atoms with E-state index in [1.54, 1.807) is 0 Å². The van der Waals surface area contributed by atoms with Gasteiger partial charge < -0.3 is 15.5 Å². The van der Waals surface area contributed by atoms with E-state index in [1.165, 1.54) is 32.2 Å². The Morgan fingerprint density at radius 2 is 1.91 bits per heavy atom. The minimum Gasteiger partial charge on any atom is -0.341 e. The second kappa shape index (κ2) is 9.09.